The molecule has 4 nitrogen and oxygen atoms in total. The Hall–Kier alpha value is -3.85. The van der Waals surface area contributed by atoms with E-state index in [1.54, 1.807) is 12.1 Å². The predicted octanol–water partition coefficient (Wildman–Crippen LogP) is 7.84. The van der Waals surface area contributed by atoms with E-state index in [2.05, 4.69) is 48.5 Å². The average Bonchev–Trinajstić information content (AvgIpc) is 2.94. The smallest absolute Gasteiger partial charge is 0.395 e. The first-order valence-electron chi connectivity index (χ1n) is 10.7. The molecule has 1 aliphatic heterocycles. The Morgan fingerprint density at radius 2 is 0.909 bits per heavy atom. The fourth-order valence-corrected chi connectivity index (χ4v) is 5.76. The van der Waals surface area contributed by atoms with Gasteiger partial charge in [-0.2, -0.15) is 0 Å². The summed E-state index contributed by atoms with van der Waals surface area (Å²) in [6.07, 6.45) is 0. The lowest BCUT2D eigenvalue weighted by molar-refractivity contribution is 0.294. The molecule has 6 aromatic rings. The van der Waals surface area contributed by atoms with Crippen molar-refractivity contribution in [3.8, 4) is 22.6 Å². The van der Waals surface area contributed by atoms with Crippen LogP contribution in [0.25, 0.3) is 54.2 Å². The molecule has 0 saturated carbocycles. The summed E-state index contributed by atoms with van der Waals surface area (Å²) in [5.41, 5.74) is 1.53. The van der Waals surface area contributed by atoms with Crippen molar-refractivity contribution in [3.05, 3.63) is 97.1 Å². The number of phosphoric ester groups is 1. The van der Waals surface area contributed by atoms with Gasteiger partial charge in [0.25, 0.3) is 0 Å². The fourth-order valence-electron chi connectivity index (χ4n) is 4.92. The molecule has 0 unspecified atom stereocenters. The van der Waals surface area contributed by atoms with Crippen LogP contribution in [0.4, 0.5) is 0 Å². The SMILES string of the molecule is O=P1(O)Oc2ccc3cc4ccccc4cc3c2-c2c(ccc3cc4ccccc4cc23)O1. The molecule has 158 valence electrons. The van der Waals surface area contributed by atoms with Crippen LogP contribution in [-0.2, 0) is 4.57 Å². The summed E-state index contributed by atoms with van der Waals surface area (Å²) in [6.45, 7) is 0. The third-order valence-electron chi connectivity index (χ3n) is 6.37. The van der Waals surface area contributed by atoms with Gasteiger partial charge in [-0.1, -0.05) is 60.7 Å². The normalized spacial score (nSPS) is 14.5. The first-order valence-corrected chi connectivity index (χ1v) is 12.2. The highest BCUT2D eigenvalue weighted by Gasteiger charge is 2.34. The van der Waals surface area contributed by atoms with Gasteiger partial charge in [0.05, 0.1) is 0 Å². The Balaban J connectivity index is 1.69. The molecule has 0 amide bonds. The second kappa shape index (κ2) is 6.58. The topological polar surface area (TPSA) is 55.8 Å². The highest BCUT2D eigenvalue weighted by molar-refractivity contribution is 7.48. The van der Waals surface area contributed by atoms with E-state index in [1.807, 2.05) is 36.4 Å². The summed E-state index contributed by atoms with van der Waals surface area (Å²) in [4.78, 5) is 10.4. The maximum Gasteiger partial charge on any atom is 0.584 e. The van der Waals surface area contributed by atoms with Crippen LogP contribution >= 0.6 is 7.82 Å². The van der Waals surface area contributed by atoms with E-state index >= 15 is 0 Å². The van der Waals surface area contributed by atoms with E-state index in [9.17, 15) is 9.46 Å². The van der Waals surface area contributed by atoms with Crippen LogP contribution in [0, 0.1) is 0 Å². The Bertz CT molecular complexity index is 1690. The first kappa shape index (κ1) is 18.7. The molecule has 0 atom stereocenters. The van der Waals surface area contributed by atoms with Crippen molar-refractivity contribution < 1.29 is 18.5 Å². The molecule has 1 aliphatic rings. The van der Waals surface area contributed by atoms with Gasteiger partial charge in [0.2, 0.25) is 0 Å². The van der Waals surface area contributed by atoms with E-state index in [-0.39, 0.29) is 0 Å². The van der Waals surface area contributed by atoms with Crippen molar-refractivity contribution in [1.82, 2.24) is 0 Å². The van der Waals surface area contributed by atoms with Crippen LogP contribution in [0.1, 0.15) is 0 Å². The van der Waals surface area contributed by atoms with Gasteiger partial charge in [-0.05, 0) is 79.5 Å². The monoisotopic (exact) mass is 448 g/mol. The van der Waals surface area contributed by atoms with Gasteiger partial charge < -0.3 is 9.05 Å². The summed E-state index contributed by atoms with van der Waals surface area (Å²) < 4.78 is 23.9. The molecule has 0 fully saturated rings. The molecule has 5 heteroatoms. The minimum absolute atomic E-state index is 0.336. The average molecular weight is 448 g/mol. The molecule has 0 bridgehead atoms. The van der Waals surface area contributed by atoms with Crippen molar-refractivity contribution in [3.63, 3.8) is 0 Å². The van der Waals surface area contributed by atoms with E-state index in [0.717, 1.165) is 54.2 Å². The molecule has 1 N–H and O–H groups in total. The van der Waals surface area contributed by atoms with Crippen molar-refractivity contribution in [1.29, 1.82) is 0 Å². The van der Waals surface area contributed by atoms with E-state index in [1.165, 1.54) is 0 Å². The Labute approximate surface area is 189 Å². The zero-order valence-electron chi connectivity index (χ0n) is 17.4. The van der Waals surface area contributed by atoms with Gasteiger partial charge in [-0.25, -0.2) is 4.57 Å². The van der Waals surface area contributed by atoms with Crippen LogP contribution in [0.15, 0.2) is 97.1 Å². The first-order chi connectivity index (χ1) is 16.1. The van der Waals surface area contributed by atoms with Crippen LogP contribution in [-0.4, -0.2) is 4.89 Å². The maximum absolute atomic E-state index is 12.8. The Morgan fingerprint density at radius 3 is 1.33 bits per heavy atom. The molecule has 0 saturated heterocycles. The number of hydrogen-bond acceptors (Lipinski definition) is 3. The standard InChI is InChI=1S/C28H17O4P/c29-33(30)31-25-11-9-21-13-17-5-1-3-7-19(17)15-23(21)27(25)28-24-16-20-8-4-2-6-18(20)14-22(24)10-12-26(28)32-33/h1-16H,(H,29,30). The lowest BCUT2D eigenvalue weighted by Crippen LogP contribution is -1.97. The molecule has 0 radical (unpaired) electrons. The fraction of sp³-hybridized carbons (Fsp3) is 0. The van der Waals surface area contributed by atoms with Gasteiger partial charge in [0, 0.05) is 11.1 Å². The van der Waals surface area contributed by atoms with E-state index < -0.39 is 7.82 Å². The number of rotatable bonds is 0. The second-order valence-electron chi connectivity index (χ2n) is 8.37. The highest BCUT2D eigenvalue weighted by Crippen LogP contribution is 2.57. The quantitative estimate of drug-likeness (QED) is 0.190. The molecule has 0 spiro atoms. The van der Waals surface area contributed by atoms with E-state index in [0.29, 0.717) is 11.5 Å². The molecular weight excluding hydrogens is 431 g/mol. The maximum atomic E-state index is 12.8. The number of benzene rings is 6. The molecule has 33 heavy (non-hydrogen) atoms. The van der Waals surface area contributed by atoms with Crippen molar-refractivity contribution in [2.24, 2.45) is 0 Å². The van der Waals surface area contributed by atoms with Crippen molar-refractivity contribution in [2.75, 3.05) is 0 Å². The Morgan fingerprint density at radius 1 is 0.515 bits per heavy atom. The predicted molar refractivity (Wildman–Crippen MR) is 133 cm³/mol. The minimum Gasteiger partial charge on any atom is -0.395 e. The minimum atomic E-state index is -4.35. The Kier molecular flexibility index (Phi) is 3.73. The van der Waals surface area contributed by atoms with Crippen LogP contribution in [0.5, 0.6) is 11.5 Å². The van der Waals surface area contributed by atoms with Gasteiger partial charge in [-0.15, -0.1) is 0 Å². The summed E-state index contributed by atoms with van der Waals surface area (Å²) in [6, 6.07) is 32.2. The summed E-state index contributed by atoms with van der Waals surface area (Å²) >= 11 is 0. The summed E-state index contributed by atoms with van der Waals surface area (Å²) in [7, 11) is -4.35. The number of hydrogen-bond donors (Lipinski definition) is 1. The third kappa shape index (κ3) is 2.85. The largest absolute Gasteiger partial charge is 0.584 e. The van der Waals surface area contributed by atoms with Crippen molar-refractivity contribution >= 4 is 50.9 Å². The van der Waals surface area contributed by atoms with Crippen LogP contribution in [0.2, 0.25) is 0 Å². The second-order valence-corrected chi connectivity index (χ2v) is 9.67. The molecular formula is C28H17O4P. The molecule has 1 heterocycles. The summed E-state index contributed by atoms with van der Waals surface area (Å²) in [5, 5.41) is 8.37. The van der Waals surface area contributed by atoms with Gasteiger partial charge >= 0.3 is 7.82 Å². The number of phosphoric acid groups is 1. The molecule has 6 aromatic carbocycles. The van der Waals surface area contributed by atoms with Gasteiger partial charge in [-0.3, -0.25) is 4.89 Å². The zero-order valence-corrected chi connectivity index (χ0v) is 18.3. The lowest BCUT2D eigenvalue weighted by atomic mass is 9.90. The van der Waals surface area contributed by atoms with Gasteiger partial charge in [0.15, 0.2) is 0 Å². The van der Waals surface area contributed by atoms with Crippen LogP contribution < -0.4 is 9.05 Å². The molecule has 0 aromatic heterocycles. The summed E-state index contributed by atoms with van der Waals surface area (Å²) in [5.74, 6) is 0.672. The van der Waals surface area contributed by atoms with Crippen LogP contribution in [0.3, 0.4) is 0 Å². The van der Waals surface area contributed by atoms with Crippen molar-refractivity contribution in [2.45, 2.75) is 0 Å². The lowest BCUT2D eigenvalue weighted by Gasteiger charge is -2.15. The van der Waals surface area contributed by atoms with Gasteiger partial charge in [0.1, 0.15) is 11.5 Å². The zero-order chi connectivity index (χ0) is 22.2. The molecule has 0 aliphatic carbocycles. The van der Waals surface area contributed by atoms with E-state index in [4.69, 9.17) is 9.05 Å². The molecule has 7 rings (SSSR count). The highest BCUT2D eigenvalue weighted by atomic mass is 31.2. The number of fused-ring (bicyclic) bond motifs is 9. The third-order valence-corrected chi connectivity index (χ3v) is 7.23.